The lowest BCUT2D eigenvalue weighted by Crippen LogP contribution is -2.36. The topological polar surface area (TPSA) is 58.4 Å². The number of hydrogen-bond acceptors (Lipinski definition) is 3. The first-order valence-corrected chi connectivity index (χ1v) is 5.92. The molecule has 4 heteroatoms. The molecule has 0 fully saturated rings. The molecule has 96 valence electrons. The van der Waals surface area contributed by atoms with Crippen LogP contribution in [0.3, 0.4) is 0 Å². The van der Waals surface area contributed by atoms with Gasteiger partial charge < -0.3 is 16.0 Å². The van der Waals surface area contributed by atoms with Crippen molar-refractivity contribution in [1.82, 2.24) is 10.2 Å². The highest BCUT2D eigenvalue weighted by atomic mass is 16.1. The highest BCUT2D eigenvalue weighted by Gasteiger charge is 2.18. The monoisotopic (exact) mass is 229 g/mol. The Morgan fingerprint density at radius 2 is 2.06 bits per heavy atom. The smallest absolute Gasteiger partial charge is 0.223 e. The molecule has 1 atom stereocenters. The molecule has 0 aliphatic rings. The Morgan fingerprint density at radius 3 is 2.50 bits per heavy atom. The van der Waals surface area contributed by atoms with Crippen LogP contribution in [-0.2, 0) is 4.79 Å². The molecule has 0 aromatic heterocycles. The summed E-state index contributed by atoms with van der Waals surface area (Å²) in [6.45, 7) is 8.76. The van der Waals surface area contributed by atoms with Crippen molar-refractivity contribution in [3.8, 4) is 0 Å². The Bertz CT molecular complexity index is 216. The Kier molecular flexibility index (Phi) is 6.60. The summed E-state index contributed by atoms with van der Waals surface area (Å²) in [6.07, 6.45) is 1.06. The van der Waals surface area contributed by atoms with Crippen LogP contribution in [0.15, 0.2) is 0 Å². The fourth-order valence-corrected chi connectivity index (χ4v) is 1.48. The van der Waals surface area contributed by atoms with Crippen LogP contribution in [0.5, 0.6) is 0 Å². The predicted octanol–water partition coefficient (Wildman–Crippen LogP) is 0.675. The van der Waals surface area contributed by atoms with Crippen molar-refractivity contribution in [2.24, 2.45) is 17.1 Å². The van der Waals surface area contributed by atoms with Gasteiger partial charge in [0.05, 0.1) is 0 Å². The van der Waals surface area contributed by atoms with E-state index in [2.05, 4.69) is 24.1 Å². The third-order valence-electron chi connectivity index (χ3n) is 3.00. The van der Waals surface area contributed by atoms with Crippen molar-refractivity contribution in [2.75, 3.05) is 33.7 Å². The van der Waals surface area contributed by atoms with E-state index in [0.29, 0.717) is 6.54 Å². The lowest BCUT2D eigenvalue weighted by Gasteiger charge is -2.27. The highest BCUT2D eigenvalue weighted by Crippen LogP contribution is 2.18. The van der Waals surface area contributed by atoms with E-state index >= 15 is 0 Å². The number of carbonyl (C=O) groups is 1. The minimum absolute atomic E-state index is 0.0380. The Morgan fingerprint density at radius 1 is 1.50 bits per heavy atom. The normalized spacial score (nSPS) is 13.9. The molecule has 1 unspecified atom stereocenters. The van der Waals surface area contributed by atoms with Gasteiger partial charge in [0.15, 0.2) is 0 Å². The average molecular weight is 229 g/mol. The molecule has 0 aliphatic heterocycles. The van der Waals surface area contributed by atoms with Crippen LogP contribution in [0.2, 0.25) is 0 Å². The molecule has 0 saturated heterocycles. The number of nitrogens with zero attached hydrogens (tertiary/aromatic N) is 1. The van der Waals surface area contributed by atoms with Gasteiger partial charge in [-0.05, 0) is 32.0 Å². The quantitative estimate of drug-likeness (QED) is 0.675. The van der Waals surface area contributed by atoms with Crippen LogP contribution in [-0.4, -0.2) is 44.5 Å². The SMILES string of the molecule is CNC(=O)C(C)CN(C)CCC(C)(C)CN. The maximum absolute atomic E-state index is 11.3. The molecule has 0 heterocycles. The zero-order valence-electron chi connectivity index (χ0n) is 11.3. The summed E-state index contributed by atoms with van der Waals surface area (Å²) in [5.41, 5.74) is 5.87. The molecule has 0 saturated carbocycles. The number of rotatable bonds is 7. The van der Waals surface area contributed by atoms with Gasteiger partial charge in [0.2, 0.25) is 5.91 Å². The minimum atomic E-state index is 0.0380. The van der Waals surface area contributed by atoms with Crippen molar-refractivity contribution in [3.05, 3.63) is 0 Å². The van der Waals surface area contributed by atoms with Gasteiger partial charge >= 0.3 is 0 Å². The van der Waals surface area contributed by atoms with Gasteiger partial charge in [-0.25, -0.2) is 0 Å². The molecule has 16 heavy (non-hydrogen) atoms. The first kappa shape index (κ1) is 15.4. The molecule has 4 nitrogen and oxygen atoms in total. The van der Waals surface area contributed by atoms with Crippen molar-refractivity contribution < 1.29 is 4.79 Å². The lowest BCUT2D eigenvalue weighted by atomic mass is 9.89. The second-order valence-electron chi connectivity index (χ2n) is 5.40. The van der Waals surface area contributed by atoms with E-state index in [1.807, 2.05) is 14.0 Å². The first-order valence-electron chi connectivity index (χ1n) is 5.92. The first-order chi connectivity index (χ1) is 7.32. The zero-order chi connectivity index (χ0) is 12.8. The van der Waals surface area contributed by atoms with Gasteiger partial charge in [-0.3, -0.25) is 4.79 Å². The summed E-state index contributed by atoms with van der Waals surface area (Å²) in [7, 11) is 3.72. The maximum atomic E-state index is 11.3. The van der Waals surface area contributed by atoms with Gasteiger partial charge in [0, 0.05) is 19.5 Å². The van der Waals surface area contributed by atoms with Gasteiger partial charge in [-0.15, -0.1) is 0 Å². The average Bonchev–Trinajstić information content (AvgIpc) is 2.25. The summed E-state index contributed by atoms with van der Waals surface area (Å²) in [5, 5.41) is 2.67. The van der Waals surface area contributed by atoms with Crippen LogP contribution < -0.4 is 11.1 Å². The molecular weight excluding hydrogens is 202 g/mol. The fraction of sp³-hybridized carbons (Fsp3) is 0.917. The Labute approximate surface area is 99.6 Å². The fourth-order valence-electron chi connectivity index (χ4n) is 1.48. The van der Waals surface area contributed by atoms with Crippen molar-refractivity contribution >= 4 is 5.91 Å². The third kappa shape index (κ3) is 6.08. The number of nitrogens with one attached hydrogen (secondary N) is 1. The van der Waals surface area contributed by atoms with Crippen LogP contribution >= 0.6 is 0 Å². The molecule has 0 spiro atoms. The van der Waals surface area contributed by atoms with Crippen molar-refractivity contribution in [2.45, 2.75) is 27.2 Å². The van der Waals surface area contributed by atoms with E-state index in [1.54, 1.807) is 7.05 Å². The lowest BCUT2D eigenvalue weighted by molar-refractivity contribution is -0.124. The number of nitrogens with two attached hydrogens (primary N) is 1. The number of amides is 1. The highest BCUT2D eigenvalue weighted by molar-refractivity contribution is 5.78. The molecular formula is C12H27N3O. The zero-order valence-corrected chi connectivity index (χ0v) is 11.3. The molecule has 0 rings (SSSR count). The molecule has 0 aromatic rings. The number of hydrogen-bond donors (Lipinski definition) is 2. The Hall–Kier alpha value is -0.610. The summed E-state index contributed by atoms with van der Waals surface area (Å²) in [4.78, 5) is 13.5. The molecule has 1 amide bonds. The summed E-state index contributed by atoms with van der Waals surface area (Å²) in [5.74, 6) is 0.140. The number of carbonyl (C=O) groups excluding carboxylic acids is 1. The predicted molar refractivity (Wildman–Crippen MR) is 68.2 cm³/mol. The molecule has 0 radical (unpaired) electrons. The summed E-state index contributed by atoms with van der Waals surface area (Å²) >= 11 is 0. The van der Waals surface area contributed by atoms with E-state index in [0.717, 1.165) is 19.5 Å². The second-order valence-corrected chi connectivity index (χ2v) is 5.40. The van der Waals surface area contributed by atoms with Crippen molar-refractivity contribution in [1.29, 1.82) is 0 Å². The second kappa shape index (κ2) is 6.86. The van der Waals surface area contributed by atoms with Gasteiger partial charge in [-0.1, -0.05) is 20.8 Å². The maximum Gasteiger partial charge on any atom is 0.223 e. The van der Waals surface area contributed by atoms with Gasteiger partial charge in [0.1, 0.15) is 0 Å². The summed E-state index contributed by atoms with van der Waals surface area (Å²) < 4.78 is 0. The van der Waals surface area contributed by atoms with E-state index in [-0.39, 0.29) is 17.2 Å². The largest absolute Gasteiger partial charge is 0.359 e. The molecule has 0 aromatic carbocycles. The Balaban J connectivity index is 3.91. The van der Waals surface area contributed by atoms with Gasteiger partial charge in [0.25, 0.3) is 0 Å². The third-order valence-corrected chi connectivity index (χ3v) is 3.00. The van der Waals surface area contributed by atoms with Crippen LogP contribution in [0.1, 0.15) is 27.2 Å². The van der Waals surface area contributed by atoms with Crippen LogP contribution in [0.4, 0.5) is 0 Å². The summed E-state index contributed by atoms with van der Waals surface area (Å²) in [6, 6.07) is 0. The van der Waals surface area contributed by atoms with E-state index in [9.17, 15) is 4.79 Å². The molecule has 0 bridgehead atoms. The standard InChI is InChI=1S/C12H27N3O/c1-10(11(16)14-4)8-15(5)7-6-12(2,3)9-13/h10H,6-9,13H2,1-5H3,(H,14,16). The van der Waals surface area contributed by atoms with Gasteiger partial charge in [-0.2, -0.15) is 0 Å². The van der Waals surface area contributed by atoms with Crippen LogP contribution in [0, 0.1) is 11.3 Å². The van der Waals surface area contributed by atoms with Crippen LogP contribution in [0.25, 0.3) is 0 Å². The van der Waals surface area contributed by atoms with Crippen molar-refractivity contribution in [3.63, 3.8) is 0 Å². The van der Waals surface area contributed by atoms with E-state index in [1.165, 1.54) is 0 Å². The minimum Gasteiger partial charge on any atom is -0.359 e. The van der Waals surface area contributed by atoms with E-state index < -0.39 is 0 Å². The van der Waals surface area contributed by atoms with E-state index in [4.69, 9.17) is 5.73 Å². The molecule has 3 N–H and O–H groups in total. The molecule has 0 aliphatic carbocycles.